The summed E-state index contributed by atoms with van der Waals surface area (Å²) >= 11 is 0. The molecule has 1 aromatic carbocycles. The number of amides is 1. The number of hydrogen-bond acceptors (Lipinski definition) is 3. The zero-order valence-corrected chi connectivity index (χ0v) is 13.2. The van der Waals surface area contributed by atoms with Crippen molar-refractivity contribution in [2.75, 3.05) is 31.5 Å². The Labute approximate surface area is 127 Å². The standard InChI is InChI=1S/C17H27N3O/c1-3-14-5-7-15(8-6-14)19-17(21)13-20(4-2)16-9-11-18-12-10-16/h5-8,16,18H,3-4,9-13H2,1-2H3,(H,19,21). The van der Waals surface area contributed by atoms with Crippen molar-refractivity contribution in [3.05, 3.63) is 29.8 Å². The second-order valence-electron chi connectivity index (χ2n) is 5.64. The number of nitrogens with one attached hydrogen (secondary N) is 2. The minimum absolute atomic E-state index is 0.0830. The molecule has 0 atom stereocenters. The molecule has 21 heavy (non-hydrogen) atoms. The van der Waals surface area contributed by atoms with Crippen molar-refractivity contribution < 1.29 is 4.79 Å². The predicted octanol–water partition coefficient (Wildman–Crippen LogP) is 2.26. The minimum Gasteiger partial charge on any atom is -0.325 e. The van der Waals surface area contributed by atoms with Crippen LogP contribution >= 0.6 is 0 Å². The molecular weight excluding hydrogens is 262 g/mol. The van der Waals surface area contributed by atoms with Crippen molar-refractivity contribution in [2.45, 2.75) is 39.2 Å². The van der Waals surface area contributed by atoms with Crippen LogP contribution in [0.3, 0.4) is 0 Å². The number of nitrogens with zero attached hydrogens (tertiary/aromatic N) is 1. The first-order valence-corrected chi connectivity index (χ1v) is 8.06. The first kappa shape index (κ1) is 16.0. The summed E-state index contributed by atoms with van der Waals surface area (Å²) in [6, 6.07) is 8.64. The maximum absolute atomic E-state index is 12.2. The van der Waals surface area contributed by atoms with Gasteiger partial charge in [-0.3, -0.25) is 9.69 Å². The number of rotatable bonds is 6. The minimum atomic E-state index is 0.0830. The zero-order chi connectivity index (χ0) is 15.1. The molecule has 0 aromatic heterocycles. The lowest BCUT2D eigenvalue weighted by atomic mass is 10.0. The van der Waals surface area contributed by atoms with E-state index in [9.17, 15) is 4.79 Å². The molecule has 0 spiro atoms. The molecule has 1 aromatic rings. The summed E-state index contributed by atoms with van der Waals surface area (Å²) in [5.41, 5.74) is 2.18. The number of carbonyl (C=O) groups is 1. The second kappa shape index (κ2) is 8.15. The van der Waals surface area contributed by atoms with Gasteiger partial charge in [-0.25, -0.2) is 0 Å². The van der Waals surface area contributed by atoms with Gasteiger partial charge in [0.2, 0.25) is 5.91 Å². The van der Waals surface area contributed by atoms with E-state index in [0.717, 1.165) is 44.6 Å². The third-order valence-corrected chi connectivity index (χ3v) is 4.22. The molecule has 1 saturated heterocycles. The predicted molar refractivity (Wildman–Crippen MR) is 87.6 cm³/mol. The molecule has 0 unspecified atom stereocenters. The van der Waals surface area contributed by atoms with E-state index in [1.54, 1.807) is 0 Å². The van der Waals surface area contributed by atoms with Gasteiger partial charge in [0, 0.05) is 11.7 Å². The first-order valence-electron chi connectivity index (χ1n) is 8.06. The molecule has 1 heterocycles. The Morgan fingerprint density at radius 3 is 2.48 bits per heavy atom. The van der Waals surface area contributed by atoms with Crippen LogP contribution < -0.4 is 10.6 Å². The van der Waals surface area contributed by atoms with Gasteiger partial charge in [-0.05, 0) is 56.6 Å². The Morgan fingerprint density at radius 1 is 1.24 bits per heavy atom. The number of benzene rings is 1. The Morgan fingerprint density at radius 2 is 1.90 bits per heavy atom. The molecule has 4 nitrogen and oxygen atoms in total. The molecule has 1 aliphatic heterocycles. The van der Waals surface area contributed by atoms with Crippen molar-refractivity contribution in [3.63, 3.8) is 0 Å². The van der Waals surface area contributed by atoms with Crippen LogP contribution in [0, 0.1) is 0 Å². The summed E-state index contributed by atoms with van der Waals surface area (Å²) in [5.74, 6) is 0.0830. The van der Waals surface area contributed by atoms with Crippen LogP contribution in [0.2, 0.25) is 0 Å². The number of hydrogen-bond donors (Lipinski definition) is 2. The van der Waals surface area contributed by atoms with Gasteiger partial charge >= 0.3 is 0 Å². The van der Waals surface area contributed by atoms with E-state index in [2.05, 4.69) is 41.5 Å². The van der Waals surface area contributed by atoms with Crippen LogP contribution in [-0.4, -0.2) is 43.0 Å². The molecule has 1 aliphatic rings. The van der Waals surface area contributed by atoms with E-state index < -0.39 is 0 Å². The quantitative estimate of drug-likeness (QED) is 0.844. The average molecular weight is 289 g/mol. The van der Waals surface area contributed by atoms with Crippen LogP contribution in [0.5, 0.6) is 0 Å². The van der Waals surface area contributed by atoms with E-state index in [1.807, 2.05) is 12.1 Å². The number of aryl methyl sites for hydroxylation is 1. The topological polar surface area (TPSA) is 44.4 Å². The molecular formula is C17H27N3O. The van der Waals surface area contributed by atoms with Crippen LogP contribution in [-0.2, 0) is 11.2 Å². The van der Waals surface area contributed by atoms with Crippen molar-refractivity contribution in [1.82, 2.24) is 10.2 Å². The normalized spacial score (nSPS) is 16.1. The fourth-order valence-electron chi connectivity index (χ4n) is 2.88. The Hall–Kier alpha value is -1.39. The summed E-state index contributed by atoms with van der Waals surface area (Å²) in [7, 11) is 0. The van der Waals surface area contributed by atoms with Crippen molar-refractivity contribution >= 4 is 11.6 Å². The highest BCUT2D eigenvalue weighted by Gasteiger charge is 2.21. The molecule has 0 bridgehead atoms. The summed E-state index contributed by atoms with van der Waals surface area (Å²) < 4.78 is 0. The third-order valence-electron chi connectivity index (χ3n) is 4.22. The molecule has 2 N–H and O–H groups in total. The number of likely N-dealkylation sites (N-methyl/N-ethyl adjacent to an activating group) is 1. The van der Waals surface area contributed by atoms with Crippen LogP contribution in [0.25, 0.3) is 0 Å². The van der Waals surface area contributed by atoms with Gasteiger partial charge < -0.3 is 10.6 Å². The van der Waals surface area contributed by atoms with E-state index in [0.29, 0.717) is 12.6 Å². The third kappa shape index (κ3) is 4.83. The smallest absolute Gasteiger partial charge is 0.238 e. The van der Waals surface area contributed by atoms with Crippen molar-refractivity contribution in [1.29, 1.82) is 0 Å². The van der Waals surface area contributed by atoms with Crippen molar-refractivity contribution in [2.24, 2.45) is 0 Å². The summed E-state index contributed by atoms with van der Waals surface area (Å²) in [4.78, 5) is 14.5. The van der Waals surface area contributed by atoms with Gasteiger partial charge in [-0.2, -0.15) is 0 Å². The van der Waals surface area contributed by atoms with Gasteiger partial charge in [0.05, 0.1) is 6.54 Å². The Bertz CT molecular complexity index is 438. The maximum atomic E-state index is 12.2. The van der Waals surface area contributed by atoms with E-state index in [-0.39, 0.29) is 5.91 Å². The molecule has 4 heteroatoms. The lowest BCUT2D eigenvalue weighted by molar-refractivity contribution is -0.118. The lowest BCUT2D eigenvalue weighted by Gasteiger charge is -2.33. The number of anilines is 1. The SMILES string of the molecule is CCc1ccc(NC(=O)CN(CC)C2CCNCC2)cc1. The molecule has 1 amide bonds. The number of piperidine rings is 1. The molecule has 0 aliphatic carbocycles. The fraction of sp³-hybridized carbons (Fsp3) is 0.588. The van der Waals surface area contributed by atoms with Gasteiger partial charge in [0.1, 0.15) is 0 Å². The average Bonchev–Trinajstić information content (AvgIpc) is 2.54. The van der Waals surface area contributed by atoms with Gasteiger partial charge in [-0.1, -0.05) is 26.0 Å². The molecule has 2 rings (SSSR count). The zero-order valence-electron chi connectivity index (χ0n) is 13.2. The summed E-state index contributed by atoms with van der Waals surface area (Å²) in [5, 5.41) is 6.37. The highest BCUT2D eigenvalue weighted by molar-refractivity contribution is 5.92. The second-order valence-corrected chi connectivity index (χ2v) is 5.64. The van der Waals surface area contributed by atoms with Crippen LogP contribution in [0.4, 0.5) is 5.69 Å². The Balaban J connectivity index is 1.86. The van der Waals surface area contributed by atoms with E-state index in [1.165, 1.54) is 5.56 Å². The lowest BCUT2D eigenvalue weighted by Crippen LogP contribution is -2.46. The van der Waals surface area contributed by atoms with Gasteiger partial charge in [-0.15, -0.1) is 0 Å². The van der Waals surface area contributed by atoms with Gasteiger partial charge in [0.25, 0.3) is 0 Å². The fourth-order valence-corrected chi connectivity index (χ4v) is 2.88. The number of carbonyl (C=O) groups excluding carboxylic acids is 1. The van der Waals surface area contributed by atoms with Crippen molar-refractivity contribution in [3.8, 4) is 0 Å². The highest BCUT2D eigenvalue weighted by Crippen LogP contribution is 2.13. The summed E-state index contributed by atoms with van der Waals surface area (Å²) in [6.45, 7) is 7.78. The summed E-state index contributed by atoms with van der Waals surface area (Å²) in [6.07, 6.45) is 3.28. The molecule has 1 fully saturated rings. The maximum Gasteiger partial charge on any atom is 0.238 e. The van der Waals surface area contributed by atoms with Crippen LogP contribution in [0.15, 0.2) is 24.3 Å². The Kier molecular flexibility index (Phi) is 6.21. The first-order chi connectivity index (χ1) is 10.2. The van der Waals surface area contributed by atoms with E-state index in [4.69, 9.17) is 0 Å². The largest absolute Gasteiger partial charge is 0.325 e. The highest BCUT2D eigenvalue weighted by atomic mass is 16.2. The van der Waals surface area contributed by atoms with Crippen LogP contribution in [0.1, 0.15) is 32.3 Å². The molecule has 0 saturated carbocycles. The van der Waals surface area contributed by atoms with E-state index >= 15 is 0 Å². The monoisotopic (exact) mass is 289 g/mol. The van der Waals surface area contributed by atoms with Gasteiger partial charge in [0.15, 0.2) is 0 Å². The molecule has 116 valence electrons. The molecule has 0 radical (unpaired) electrons.